The van der Waals surface area contributed by atoms with Crippen molar-refractivity contribution in [1.29, 1.82) is 0 Å². The first-order chi connectivity index (χ1) is 7.16. The fraction of sp³-hybridized carbons (Fsp3) is 0.818. The standard InChI is InChI=1S/C11H21NO3/c1-4-14-11(13)8-6-5-7-9-15-12-10(2)3/h4-9H2,1-3H3. The second-order valence-electron chi connectivity index (χ2n) is 3.49. The van der Waals surface area contributed by atoms with Crippen LogP contribution in [-0.4, -0.2) is 24.9 Å². The minimum absolute atomic E-state index is 0.110. The van der Waals surface area contributed by atoms with E-state index in [2.05, 4.69) is 5.16 Å². The van der Waals surface area contributed by atoms with Crippen molar-refractivity contribution in [1.82, 2.24) is 0 Å². The highest BCUT2D eigenvalue weighted by Crippen LogP contribution is 2.01. The minimum atomic E-state index is -0.110. The predicted octanol–water partition coefficient (Wildman–Crippen LogP) is 2.52. The van der Waals surface area contributed by atoms with Gasteiger partial charge < -0.3 is 9.57 Å². The molecular weight excluding hydrogens is 194 g/mol. The van der Waals surface area contributed by atoms with E-state index in [1.807, 2.05) is 20.8 Å². The number of nitrogens with zero attached hydrogens (tertiary/aromatic N) is 1. The summed E-state index contributed by atoms with van der Waals surface area (Å²) >= 11 is 0. The first kappa shape index (κ1) is 13.9. The Hall–Kier alpha value is -1.06. The largest absolute Gasteiger partial charge is 0.466 e. The van der Waals surface area contributed by atoms with Gasteiger partial charge >= 0.3 is 5.97 Å². The molecule has 4 nitrogen and oxygen atoms in total. The number of rotatable bonds is 8. The van der Waals surface area contributed by atoms with Gasteiger partial charge in [0.25, 0.3) is 0 Å². The number of oxime groups is 1. The van der Waals surface area contributed by atoms with Crippen molar-refractivity contribution < 1.29 is 14.4 Å². The first-order valence-electron chi connectivity index (χ1n) is 5.45. The molecule has 15 heavy (non-hydrogen) atoms. The third-order valence-corrected chi connectivity index (χ3v) is 1.67. The average Bonchev–Trinajstić information content (AvgIpc) is 2.16. The highest BCUT2D eigenvalue weighted by Gasteiger charge is 2.00. The summed E-state index contributed by atoms with van der Waals surface area (Å²) < 4.78 is 4.81. The summed E-state index contributed by atoms with van der Waals surface area (Å²) in [4.78, 5) is 16.0. The van der Waals surface area contributed by atoms with Crippen LogP contribution in [0, 0.1) is 0 Å². The molecule has 0 aromatic rings. The van der Waals surface area contributed by atoms with E-state index in [1.54, 1.807) is 0 Å². The van der Waals surface area contributed by atoms with Crippen LogP contribution in [0.3, 0.4) is 0 Å². The van der Waals surface area contributed by atoms with Crippen LogP contribution in [0.1, 0.15) is 46.5 Å². The topological polar surface area (TPSA) is 47.9 Å². The van der Waals surface area contributed by atoms with Crippen molar-refractivity contribution in [3.8, 4) is 0 Å². The number of ether oxygens (including phenoxy) is 1. The van der Waals surface area contributed by atoms with Gasteiger partial charge in [0.15, 0.2) is 0 Å². The van der Waals surface area contributed by atoms with E-state index in [9.17, 15) is 4.79 Å². The molecule has 0 unspecified atom stereocenters. The molecule has 0 atom stereocenters. The fourth-order valence-electron chi connectivity index (χ4n) is 1.02. The summed E-state index contributed by atoms with van der Waals surface area (Å²) in [7, 11) is 0. The van der Waals surface area contributed by atoms with Gasteiger partial charge in [0.1, 0.15) is 6.61 Å². The molecule has 0 spiro atoms. The van der Waals surface area contributed by atoms with Crippen LogP contribution in [0.4, 0.5) is 0 Å². The molecule has 0 fully saturated rings. The van der Waals surface area contributed by atoms with Gasteiger partial charge in [0.2, 0.25) is 0 Å². The van der Waals surface area contributed by atoms with Crippen LogP contribution in [0.25, 0.3) is 0 Å². The Morgan fingerprint density at radius 2 is 1.93 bits per heavy atom. The molecule has 4 heteroatoms. The molecule has 0 aromatic heterocycles. The van der Waals surface area contributed by atoms with Crippen molar-refractivity contribution in [3.63, 3.8) is 0 Å². The van der Waals surface area contributed by atoms with Gasteiger partial charge in [-0.25, -0.2) is 0 Å². The van der Waals surface area contributed by atoms with E-state index < -0.39 is 0 Å². The maximum atomic E-state index is 10.9. The van der Waals surface area contributed by atoms with E-state index in [0.717, 1.165) is 25.0 Å². The molecule has 88 valence electrons. The smallest absolute Gasteiger partial charge is 0.305 e. The summed E-state index contributed by atoms with van der Waals surface area (Å²) in [5.74, 6) is -0.110. The van der Waals surface area contributed by atoms with Crippen LogP contribution in [0.15, 0.2) is 5.16 Å². The molecule has 0 heterocycles. The molecule has 0 aliphatic carbocycles. The lowest BCUT2D eigenvalue weighted by molar-refractivity contribution is -0.143. The number of esters is 1. The van der Waals surface area contributed by atoms with E-state index in [1.165, 1.54) is 0 Å². The lowest BCUT2D eigenvalue weighted by Crippen LogP contribution is -2.03. The van der Waals surface area contributed by atoms with Crippen LogP contribution in [-0.2, 0) is 14.4 Å². The Bertz CT molecular complexity index is 198. The van der Waals surface area contributed by atoms with Crippen LogP contribution >= 0.6 is 0 Å². The molecule has 0 rings (SSSR count). The highest BCUT2D eigenvalue weighted by atomic mass is 16.6. The van der Waals surface area contributed by atoms with Gasteiger partial charge in [-0.1, -0.05) is 5.16 Å². The summed E-state index contributed by atoms with van der Waals surface area (Å²) in [6.45, 7) is 6.68. The number of carbonyl (C=O) groups is 1. The maximum absolute atomic E-state index is 10.9. The Balaban J connectivity index is 3.18. The molecule has 0 saturated carbocycles. The third-order valence-electron chi connectivity index (χ3n) is 1.67. The van der Waals surface area contributed by atoms with E-state index in [4.69, 9.17) is 9.57 Å². The Morgan fingerprint density at radius 1 is 1.20 bits per heavy atom. The van der Waals surface area contributed by atoms with Crippen molar-refractivity contribution in [2.75, 3.05) is 13.2 Å². The quantitative estimate of drug-likeness (QED) is 0.270. The third kappa shape index (κ3) is 10.9. The normalized spacial score (nSPS) is 9.53. The van der Waals surface area contributed by atoms with Gasteiger partial charge in [-0.2, -0.15) is 0 Å². The second-order valence-corrected chi connectivity index (χ2v) is 3.49. The zero-order chi connectivity index (χ0) is 11.5. The molecular formula is C11H21NO3. The average molecular weight is 215 g/mol. The molecule has 0 bridgehead atoms. The Labute approximate surface area is 91.6 Å². The van der Waals surface area contributed by atoms with Gasteiger partial charge in [-0.15, -0.1) is 0 Å². The zero-order valence-electron chi connectivity index (χ0n) is 9.91. The predicted molar refractivity (Wildman–Crippen MR) is 59.8 cm³/mol. The summed E-state index contributed by atoms with van der Waals surface area (Å²) in [5, 5.41) is 3.81. The van der Waals surface area contributed by atoms with Gasteiger partial charge in [0.05, 0.1) is 12.3 Å². The number of unbranched alkanes of at least 4 members (excludes halogenated alkanes) is 2. The molecule has 0 aromatic carbocycles. The Morgan fingerprint density at radius 3 is 2.53 bits per heavy atom. The minimum Gasteiger partial charge on any atom is -0.466 e. The van der Waals surface area contributed by atoms with Crippen molar-refractivity contribution in [2.45, 2.75) is 46.5 Å². The monoisotopic (exact) mass is 215 g/mol. The molecule has 0 aliphatic rings. The SMILES string of the molecule is CCOC(=O)CCCCCON=C(C)C. The summed E-state index contributed by atoms with van der Waals surface area (Å²) in [5.41, 5.74) is 0.918. The summed E-state index contributed by atoms with van der Waals surface area (Å²) in [6.07, 6.45) is 3.26. The second kappa shape index (κ2) is 9.49. The molecule has 0 N–H and O–H groups in total. The van der Waals surface area contributed by atoms with Crippen molar-refractivity contribution in [2.24, 2.45) is 5.16 Å². The van der Waals surface area contributed by atoms with Crippen LogP contribution in [0.5, 0.6) is 0 Å². The van der Waals surface area contributed by atoms with Gasteiger partial charge in [-0.3, -0.25) is 4.79 Å². The number of carbonyl (C=O) groups excluding carboxylic acids is 1. The van der Waals surface area contributed by atoms with E-state index in [-0.39, 0.29) is 5.97 Å². The highest BCUT2D eigenvalue weighted by molar-refractivity contribution is 5.78. The molecule has 0 saturated heterocycles. The molecule has 0 radical (unpaired) electrons. The van der Waals surface area contributed by atoms with E-state index >= 15 is 0 Å². The lowest BCUT2D eigenvalue weighted by Gasteiger charge is -2.01. The molecule has 0 amide bonds. The van der Waals surface area contributed by atoms with Crippen LogP contribution < -0.4 is 0 Å². The maximum Gasteiger partial charge on any atom is 0.305 e. The first-order valence-corrected chi connectivity index (χ1v) is 5.45. The van der Waals surface area contributed by atoms with Crippen molar-refractivity contribution in [3.05, 3.63) is 0 Å². The Kier molecular flexibility index (Phi) is 8.82. The van der Waals surface area contributed by atoms with Gasteiger partial charge in [-0.05, 0) is 40.0 Å². The van der Waals surface area contributed by atoms with Crippen molar-refractivity contribution >= 4 is 11.7 Å². The summed E-state index contributed by atoms with van der Waals surface area (Å²) in [6, 6.07) is 0. The number of hydrogen-bond donors (Lipinski definition) is 0. The van der Waals surface area contributed by atoms with E-state index in [0.29, 0.717) is 19.6 Å². The fourth-order valence-corrected chi connectivity index (χ4v) is 1.02. The number of hydrogen-bond acceptors (Lipinski definition) is 4. The zero-order valence-corrected chi connectivity index (χ0v) is 9.91. The van der Waals surface area contributed by atoms with Gasteiger partial charge in [0, 0.05) is 6.42 Å². The van der Waals surface area contributed by atoms with Crippen LogP contribution in [0.2, 0.25) is 0 Å². The lowest BCUT2D eigenvalue weighted by atomic mass is 10.2. The molecule has 0 aliphatic heterocycles.